The Kier molecular flexibility index (Phi) is 4.78. The maximum Gasteiger partial charge on any atom is 0.0535 e. The number of rotatable bonds is 4. The molecule has 2 nitrogen and oxygen atoms in total. The molecule has 0 saturated carbocycles. The molecule has 1 aliphatic heterocycles. The Morgan fingerprint density at radius 2 is 2.11 bits per heavy atom. The Balaban J connectivity index is 2.07. The lowest BCUT2D eigenvalue weighted by atomic mass is 9.88. The van der Waals surface area contributed by atoms with Crippen LogP contribution in [0.25, 0.3) is 0 Å². The summed E-state index contributed by atoms with van der Waals surface area (Å²) in [5.41, 5.74) is 1.46. The summed E-state index contributed by atoms with van der Waals surface area (Å²) in [5.74, 6) is 0. The molecule has 1 aromatic rings. The third kappa shape index (κ3) is 3.46. The lowest BCUT2D eigenvalue weighted by molar-refractivity contribution is 0.0964. The van der Waals surface area contributed by atoms with Crippen LogP contribution in [0.3, 0.4) is 0 Å². The summed E-state index contributed by atoms with van der Waals surface area (Å²) >= 11 is 0. The van der Waals surface area contributed by atoms with E-state index in [2.05, 4.69) is 73.5 Å². The zero-order valence-corrected chi connectivity index (χ0v) is 12.4. The van der Waals surface area contributed by atoms with Gasteiger partial charge in [-0.15, -0.1) is 0 Å². The molecule has 2 rings (SSSR count). The fourth-order valence-electron chi connectivity index (χ4n) is 2.83. The van der Waals surface area contributed by atoms with E-state index in [0.717, 1.165) is 26.1 Å². The van der Waals surface area contributed by atoms with Crippen molar-refractivity contribution in [3.63, 3.8) is 0 Å². The van der Waals surface area contributed by atoms with E-state index in [0.29, 0.717) is 6.04 Å². The molecule has 104 valence electrons. The molecule has 2 atom stereocenters. The van der Waals surface area contributed by atoms with Gasteiger partial charge in [-0.25, -0.2) is 0 Å². The highest BCUT2D eigenvalue weighted by atomic mass is 15.2. The van der Waals surface area contributed by atoms with Crippen LogP contribution < -0.4 is 5.32 Å². The van der Waals surface area contributed by atoms with Gasteiger partial charge in [0, 0.05) is 25.7 Å². The fraction of sp³-hybridized carbons (Fsp3) is 0.529. The van der Waals surface area contributed by atoms with Gasteiger partial charge in [0.25, 0.3) is 0 Å². The molecule has 1 N–H and O–H groups in total. The summed E-state index contributed by atoms with van der Waals surface area (Å²) in [6.45, 7) is 10.0. The highest BCUT2D eigenvalue weighted by molar-refractivity contribution is 5.25. The summed E-state index contributed by atoms with van der Waals surface area (Å²) in [4.78, 5) is 2.60. The van der Waals surface area contributed by atoms with Crippen LogP contribution in [0.1, 0.15) is 32.8 Å². The minimum atomic E-state index is 0.0731. The molecule has 2 heteroatoms. The number of benzene rings is 1. The second-order valence-corrected chi connectivity index (χ2v) is 5.76. The third-order valence-corrected chi connectivity index (χ3v) is 4.16. The lowest BCUT2D eigenvalue weighted by Gasteiger charge is -2.45. The van der Waals surface area contributed by atoms with Gasteiger partial charge < -0.3 is 5.32 Å². The predicted octanol–water partition coefficient (Wildman–Crippen LogP) is 3.16. The molecule has 0 aromatic heterocycles. The van der Waals surface area contributed by atoms with Crippen molar-refractivity contribution < 1.29 is 0 Å². The van der Waals surface area contributed by atoms with E-state index in [1.807, 2.05) is 0 Å². The monoisotopic (exact) mass is 258 g/mol. The Labute approximate surface area is 117 Å². The van der Waals surface area contributed by atoms with Crippen molar-refractivity contribution in [2.45, 2.75) is 38.8 Å². The molecule has 1 saturated heterocycles. The van der Waals surface area contributed by atoms with Gasteiger partial charge in [0.2, 0.25) is 0 Å². The van der Waals surface area contributed by atoms with Gasteiger partial charge in [0.15, 0.2) is 0 Å². The van der Waals surface area contributed by atoms with Crippen LogP contribution in [0.5, 0.6) is 0 Å². The van der Waals surface area contributed by atoms with E-state index < -0.39 is 0 Å². The Morgan fingerprint density at radius 1 is 1.37 bits per heavy atom. The zero-order chi connectivity index (χ0) is 13.7. The van der Waals surface area contributed by atoms with Gasteiger partial charge in [0.1, 0.15) is 0 Å². The number of nitrogens with zero attached hydrogens (tertiary/aromatic N) is 1. The largest absolute Gasteiger partial charge is 0.305 e. The smallest absolute Gasteiger partial charge is 0.0535 e. The van der Waals surface area contributed by atoms with Gasteiger partial charge in [-0.2, -0.15) is 0 Å². The van der Waals surface area contributed by atoms with Crippen LogP contribution in [-0.2, 0) is 5.54 Å². The Morgan fingerprint density at radius 3 is 2.79 bits per heavy atom. The van der Waals surface area contributed by atoms with Crippen molar-refractivity contribution in [2.75, 3.05) is 19.6 Å². The number of nitrogens with one attached hydrogen (secondary N) is 1. The Hall–Kier alpha value is -1.12. The molecule has 1 aromatic carbocycles. The molecular weight excluding hydrogens is 232 g/mol. The highest BCUT2D eigenvalue weighted by Gasteiger charge is 2.34. The van der Waals surface area contributed by atoms with E-state index in [9.17, 15) is 0 Å². The molecule has 0 radical (unpaired) electrons. The molecule has 0 spiro atoms. The molecule has 1 heterocycles. The van der Waals surface area contributed by atoms with Crippen molar-refractivity contribution in [2.24, 2.45) is 0 Å². The van der Waals surface area contributed by atoms with E-state index in [-0.39, 0.29) is 5.54 Å². The quantitative estimate of drug-likeness (QED) is 0.835. The number of hydrogen-bond donors (Lipinski definition) is 1. The minimum Gasteiger partial charge on any atom is -0.305 e. The first kappa shape index (κ1) is 14.3. The van der Waals surface area contributed by atoms with Crippen molar-refractivity contribution in [1.29, 1.82) is 0 Å². The van der Waals surface area contributed by atoms with Gasteiger partial charge in [-0.3, -0.25) is 4.90 Å². The van der Waals surface area contributed by atoms with Crippen molar-refractivity contribution >= 4 is 0 Å². The van der Waals surface area contributed by atoms with Gasteiger partial charge >= 0.3 is 0 Å². The zero-order valence-electron chi connectivity index (χ0n) is 12.4. The molecule has 19 heavy (non-hydrogen) atoms. The normalized spacial score (nSPS) is 28.9. The van der Waals surface area contributed by atoms with E-state index in [1.165, 1.54) is 5.56 Å². The topological polar surface area (TPSA) is 15.3 Å². The second kappa shape index (κ2) is 6.36. The average molecular weight is 258 g/mol. The van der Waals surface area contributed by atoms with Crippen LogP contribution in [0.4, 0.5) is 0 Å². The number of piperazine rings is 1. The maximum atomic E-state index is 3.72. The molecule has 2 unspecified atom stereocenters. The van der Waals surface area contributed by atoms with Crippen molar-refractivity contribution in [3.8, 4) is 0 Å². The lowest BCUT2D eigenvalue weighted by Crippen LogP contribution is -2.60. The summed E-state index contributed by atoms with van der Waals surface area (Å²) < 4.78 is 0. The molecular formula is C17H26N2. The summed E-state index contributed by atoms with van der Waals surface area (Å²) in [5, 5.41) is 3.72. The van der Waals surface area contributed by atoms with Crippen LogP contribution in [-0.4, -0.2) is 30.6 Å². The fourth-order valence-corrected chi connectivity index (χ4v) is 2.83. The van der Waals surface area contributed by atoms with Gasteiger partial charge in [-0.1, -0.05) is 42.5 Å². The first-order valence-electron chi connectivity index (χ1n) is 7.31. The molecule has 1 fully saturated rings. The average Bonchev–Trinajstić information content (AvgIpc) is 2.44. The minimum absolute atomic E-state index is 0.0731. The van der Waals surface area contributed by atoms with Crippen LogP contribution >= 0.6 is 0 Å². The van der Waals surface area contributed by atoms with Crippen LogP contribution in [0, 0.1) is 0 Å². The molecule has 0 amide bonds. The highest BCUT2D eigenvalue weighted by Crippen LogP contribution is 2.26. The van der Waals surface area contributed by atoms with E-state index in [1.54, 1.807) is 0 Å². The summed E-state index contributed by atoms with van der Waals surface area (Å²) in [6, 6.07) is 11.4. The number of hydrogen-bond acceptors (Lipinski definition) is 2. The standard InChI is InChI=1S/C17H26N2/c1-4-5-9-12-19-14-17(3,18-13-15(19)2)16-10-7-6-8-11-16/h4-8,10-11,15,18H,9,12-14H2,1-3H3/b5-4+. The molecule has 0 bridgehead atoms. The van der Waals surface area contributed by atoms with Crippen molar-refractivity contribution in [3.05, 3.63) is 48.0 Å². The van der Waals surface area contributed by atoms with Crippen molar-refractivity contribution in [1.82, 2.24) is 10.2 Å². The second-order valence-electron chi connectivity index (χ2n) is 5.76. The summed E-state index contributed by atoms with van der Waals surface area (Å²) in [6.07, 6.45) is 5.55. The number of allylic oxidation sites excluding steroid dienone is 1. The maximum absolute atomic E-state index is 3.72. The SMILES string of the molecule is C/C=C/CCN1CC(C)(c2ccccc2)NCC1C. The molecule has 0 aliphatic carbocycles. The van der Waals surface area contributed by atoms with E-state index in [4.69, 9.17) is 0 Å². The first-order chi connectivity index (χ1) is 9.15. The van der Waals surface area contributed by atoms with Gasteiger partial charge in [-0.05, 0) is 32.8 Å². The van der Waals surface area contributed by atoms with Crippen LogP contribution in [0.2, 0.25) is 0 Å². The predicted molar refractivity (Wildman–Crippen MR) is 82.3 cm³/mol. The Bertz CT molecular complexity index is 413. The van der Waals surface area contributed by atoms with E-state index >= 15 is 0 Å². The van der Waals surface area contributed by atoms with Gasteiger partial charge in [0.05, 0.1) is 5.54 Å². The van der Waals surface area contributed by atoms with Crippen LogP contribution in [0.15, 0.2) is 42.5 Å². The molecule has 1 aliphatic rings. The summed E-state index contributed by atoms with van der Waals surface area (Å²) in [7, 11) is 0. The first-order valence-corrected chi connectivity index (χ1v) is 7.31. The third-order valence-electron chi connectivity index (χ3n) is 4.16.